The summed E-state index contributed by atoms with van der Waals surface area (Å²) in [6, 6.07) is 0. The molecule has 9 heteroatoms. The van der Waals surface area contributed by atoms with Gasteiger partial charge in [0.2, 0.25) is 10.0 Å². The van der Waals surface area contributed by atoms with Gasteiger partial charge in [-0.25, -0.2) is 18.1 Å². The predicted octanol–water partition coefficient (Wildman–Crippen LogP) is 1.05. The van der Waals surface area contributed by atoms with Crippen molar-refractivity contribution in [2.45, 2.75) is 25.2 Å². The first-order valence-corrected chi connectivity index (χ1v) is 8.43. The number of aromatic nitrogens is 3. The van der Waals surface area contributed by atoms with Crippen molar-refractivity contribution in [3.63, 3.8) is 0 Å². The zero-order valence-electron chi connectivity index (χ0n) is 11.5. The van der Waals surface area contributed by atoms with Crippen LogP contribution < -0.4 is 10.0 Å². The molecule has 0 aliphatic heterocycles. The average Bonchev–Trinajstić information content (AvgIpc) is 2.96. The highest BCUT2D eigenvalue weighted by Gasteiger charge is 2.21. The molecule has 7 nitrogen and oxygen atoms in total. The van der Waals surface area contributed by atoms with Crippen LogP contribution >= 0.6 is 11.3 Å². The Balaban J connectivity index is 2.00. The molecule has 3 N–H and O–H groups in total. The highest BCUT2D eigenvalue weighted by molar-refractivity contribution is 7.89. The molecule has 110 valence electrons. The Hall–Kier alpha value is -1.45. The molecule has 0 fully saturated rings. The van der Waals surface area contributed by atoms with E-state index in [4.69, 9.17) is 0 Å². The van der Waals surface area contributed by atoms with Gasteiger partial charge in [-0.1, -0.05) is 0 Å². The smallest absolute Gasteiger partial charge is 0.244 e. The van der Waals surface area contributed by atoms with Crippen LogP contribution in [-0.4, -0.2) is 37.2 Å². The van der Waals surface area contributed by atoms with Crippen molar-refractivity contribution in [3.05, 3.63) is 22.5 Å². The first-order valence-electron chi connectivity index (χ1n) is 6.07. The summed E-state index contributed by atoms with van der Waals surface area (Å²) in [7, 11) is -1.73. The zero-order valence-corrected chi connectivity index (χ0v) is 13.2. The molecule has 2 aromatic rings. The summed E-state index contributed by atoms with van der Waals surface area (Å²) in [6.07, 6.45) is 0.549. The van der Waals surface area contributed by atoms with E-state index in [2.05, 4.69) is 25.2 Å². The molecule has 2 aromatic heterocycles. The van der Waals surface area contributed by atoms with Gasteiger partial charge in [0, 0.05) is 25.4 Å². The van der Waals surface area contributed by atoms with Gasteiger partial charge in [-0.2, -0.15) is 5.10 Å². The van der Waals surface area contributed by atoms with Crippen molar-refractivity contribution < 1.29 is 8.42 Å². The fraction of sp³-hybridized carbons (Fsp3) is 0.455. The van der Waals surface area contributed by atoms with Crippen LogP contribution in [0, 0.1) is 13.8 Å². The molecule has 0 radical (unpaired) electrons. The average molecular weight is 315 g/mol. The largest absolute Gasteiger partial charge is 0.365 e. The van der Waals surface area contributed by atoms with Gasteiger partial charge in [0.1, 0.15) is 4.90 Å². The number of rotatable bonds is 6. The van der Waals surface area contributed by atoms with Gasteiger partial charge in [0.05, 0.1) is 17.1 Å². The predicted molar refractivity (Wildman–Crippen MR) is 78.6 cm³/mol. The van der Waals surface area contributed by atoms with E-state index in [0.717, 1.165) is 10.8 Å². The number of H-pyrrole nitrogens is 1. The summed E-state index contributed by atoms with van der Waals surface area (Å²) < 4.78 is 26.9. The third kappa shape index (κ3) is 3.17. The number of aromatic amines is 1. The third-order valence-electron chi connectivity index (χ3n) is 2.77. The summed E-state index contributed by atoms with van der Waals surface area (Å²) >= 11 is 1.50. The summed E-state index contributed by atoms with van der Waals surface area (Å²) in [5.74, 6) is 0. The van der Waals surface area contributed by atoms with Crippen LogP contribution in [0.25, 0.3) is 0 Å². The Kier molecular flexibility index (Phi) is 4.41. The minimum Gasteiger partial charge on any atom is -0.365 e. The number of anilines is 1. The number of aryl methyl sites for hydroxylation is 2. The molecule has 0 saturated carbocycles. The molecule has 0 saturated heterocycles. The van der Waals surface area contributed by atoms with Crippen LogP contribution in [0.5, 0.6) is 0 Å². The fourth-order valence-electron chi connectivity index (χ4n) is 1.86. The molecule has 0 spiro atoms. The summed E-state index contributed by atoms with van der Waals surface area (Å²) in [5, 5.41) is 12.3. The molecule has 0 aliphatic rings. The van der Waals surface area contributed by atoms with E-state index in [1.54, 1.807) is 20.9 Å². The van der Waals surface area contributed by atoms with Crippen molar-refractivity contribution in [1.29, 1.82) is 0 Å². The van der Waals surface area contributed by atoms with E-state index in [0.29, 0.717) is 24.4 Å². The Labute approximate surface area is 121 Å². The standard InChI is InChI=1S/C11H17N5O2S2/c1-7-10(8(2)16-15-7)20(17,18)13-5-4-9-6-19-11(12-3)14-9/h6,13H,4-5H2,1-3H3,(H,12,14)(H,15,16). The quantitative estimate of drug-likeness (QED) is 0.740. The molecule has 20 heavy (non-hydrogen) atoms. The summed E-state index contributed by atoms with van der Waals surface area (Å²) in [5.41, 5.74) is 1.88. The molecule has 0 amide bonds. The number of sulfonamides is 1. The van der Waals surface area contributed by atoms with Gasteiger partial charge in [0.15, 0.2) is 5.13 Å². The van der Waals surface area contributed by atoms with Gasteiger partial charge in [-0.3, -0.25) is 5.10 Å². The Morgan fingerprint density at radius 2 is 2.15 bits per heavy atom. The second-order valence-electron chi connectivity index (χ2n) is 4.30. The lowest BCUT2D eigenvalue weighted by Gasteiger charge is -2.05. The van der Waals surface area contributed by atoms with Gasteiger partial charge in [-0.15, -0.1) is 11.3 Å². The molecule has 2 heterocycles. The topological polar surface area (TPSA) is 99.8 Å². The highest BCUT2D eigenvalue weighted by Crippen LogP contribution is 2.17. The third-order valence-corrected chi connectivity index (χ3v) is 5.40. The molecular weight excluding hydrogens is 298 g/mol. The zero-order chi connectivity index (χ0) is 14.8. The SMILES string of the molecule is CNc1nc(CCNS(=O)(=O)c2c(C)n[nH]c2C)cs1. The van der Waals surface area contributed by atoms with E-state index in [9.17, 15) is 8.42 Å². The van der Waals surface area contributed by atoms with Crippen molar-refractivity contribution in [2.75, 3.05) is 18.9 Å². The maximum Gasteiger partial charge on any atom is 0.244 e. The number of thiazole rings is 1. The molecular formula is C11H17N5O2S2. The van der Waals surface area contributed by atoms with Crippen LogP contribution in [0.3, 0.4) is 0 Å². The lowest BCUT2D eigenvalue weighted by molar-refractivity contribution is 0.580. The van der Waals surface area contributed by atoms with Crippen molar-refractivity contribution in [1.82, 2.24) is 19.9 Å². The van der Waals surface area contributed by atoms with Gasteiger partial charge < -0.3 is 5.32 Å². The molecule has 0 aromatic carbocycles. The minimum absolute atomic E-state index is 0.228. The Morgan fingerprint density at radius 3 is 2.70 bits per heavy atom. The molecule has 0 aliphatic carbocycles. The normalized spacial score (nSPS) is 11.8. The number of nitrogens with one attached hydrogen (secondary N) is 3. The van der Waals surface area contributed by atoms with Crippen LogP contribution in [0.4, 0.5) is 5.13 Å². The second kappa shape index (κ2) is 5.90. The number of hydrogen-bond acceptors (Lipinski definition) is 6. The molecule has 0 unspecified atom stereocenters. The monoisotopic (exact) mass is 315 g/mol. The van der Waals surface area contributed by atoms with E-state index < -0.39 is 10.0 Å². The first kappa shape index (κ1) is 14.9. The van der Waals surface area contributed by atoms with Crippen molar-refractivity contribution >= 4 is 26.5 Å². The maximum atomic E-state index is 12.2. The number of nitrogens with zero attached hydrogens (tertiary/aromatic N) is 2. The van der Waals surface area contributed by atoms with Crippen LogP contribution in [0.15, 0.2) is 10.3 Å². The van der Waals surface area contributed by atoms with Gasteiger partial charge in [-0.05, 0) is 13.8 Å². The fourth-order valence-corrected chi connectivity index (χ4v) is 3.96. The summed E-state index contributed by atoms with van der Waals surface area (Å²) in [6.45, 7) is 3.66. The van der Waals surface area contributed by atoms with Crippen LogP contribution in [0.1, 0.15) is 17.1 Å². The summed E-state index contributed by atoms with van der Waals surface area (Å²) in [4.78, 5) is 4.53. The molecule has 2 rings (SSSR count). The van der Waals surface area contributed by atoms with Crippen LogP contribution in [0.2, 0.25) is 0 Å². The Morgan fingerprint density at radius 1 is 1.40 bits per heavy atom. The van der Waals surface area contributed by atoms with Crippen molar-refractivity contribution in [2.24, 2.45) is 0 Å². The molecule has 0 bridgehead atoms. The van der Waals surface area contributed by atoms with Crippen molar-refractivity contribution in [3.8, 4) is 0 Å². The number of hydrogen-bond donors (Lipinski definition) is 3. The lowest BCUT2D eigenvalue weighted by Crippen LogP contribution is -2.27. The van der Waals surface area contributed by atoms with E-state index >= 15 is 0 Å². The lowest BCUT2D eigenvalue weighted by atomic mass is 10.3. The minimum atomic E-state index is -3.53. The maximum absolute atomic E-state index is 12.2. The highest BCUT2D eigenvalue weighted by atomic mass is 32.2. The van der Waals surface area contributed by atoms with E-state index in [-0.39, 0.29) is 4.90 Å². The van der Waals surface area contributed by atoms with E-state index in [1.165, 1.54) is 11.3 Å². The Bertz CT molecular complexity index is 670. The van der Waals surface area contributed by atoms with Crippen LogP contribution in [-0.2, 0) is 16.4 Å². The first-order chi connectivity index (χ1) is 9.44. The van der Waals surface area contributed by atoms with Gasteiger partial charge >= 0.3 is 0 Å². The van der Waals surface area contributed by atoms with E-state index in [1.807, 2.05) is 5.38 Å². The molecule has 0 atom stereocenters. The van der Waals surface area contributed by atoms with Gasteiger partial charge in [0.25, 0.3) is 0 Å². The second-order valence-corrected chi connectivity index (χ2v) is 6.87.